The average Bonchev–Trinajstić information content (AvgIpc) is 3.02. The standard InChI is InChI=1S/C13H17BrO/c1-15-12(11-5-3-2-4-6-11)13(7-8-13)9-10-14/h2-6,12H,7-10H2,1H3. The molecular weight excluding hydrogens is 252 g/mol. The third-order valence-electron chi connectivity index (χ3n) is 3.38. The molecule has 1 unspecified atom stereocenters. The molecule has 1 atom stereocenters. The normalized spacial score (nSPS) is 19.9. The lowest BCUT2D eigenvalue weighted by molar-refractivity contribution is 0.0374. The third kappa shape index (κ3) is 2.26. The molecule has 1 nitrogen and oxygen atoms in total. The maximum atomic E-state index is 5.70. The summed E-state index contributed by atoms with van der Waals surface area (Å²) >= 11 is 3.54. The highest BCUT2D eigenvalue weighted by Crippen LogP contribution is 2.58. The molecule has 1 fully saturated rings. The van der Waals surface area contributed by atoms with Gasteiger partial charge in [-0.05, 0) is 24.8 Å². The van der Waals surface area contributed by atoms with Gasteiger partial charge in [0, 0.05) is 17.9 Å². The highest BCUT2D eigenvalue weighted by Gasteiger charge is 2.49. The number of benzene rings is 1. The molecule has 1 saturated carbocycles. The van der Waals surface area contributed by atoms with Crippen LogP contribution in [0.1, 0.15) is 30.9 Å². The molecule has 15 heavy (non-hydrogen) atoms. The second-order valence-corrected chi connectivity index (χ2v) is 5.12. The monoisotopic (exact) mass is 268 g/mol. The second-order valence-electron chi connectivity index (χ2n) is 4.33. The van der Waals surface area contributed by atoms with Crippen LogP contribution in [0.3, 0.4) is 0 Å². The van der Waals surface area contributed by atoms with E-state index in [1.54, 1.807) is 0 Å². The van der Waals surface area contributed by atoms with Crippen LogP contribution in [0, 0.1) is 5.41 Å². The molecule has 82 valence electrons. The lowest BCUT2D eigenvalue weighted by Gasteiger charge is -2.25. The first-order valence-electron chi connectivity index (χ1n) is 5.46. The summed E-state index contributed by atoms with van der Waals surface area (Å²) in [6, 6.07) is 10.6. The predicted molar refractivity (Wildman–Crippen MR) is 66.3 cm³/mol. The van der Waals surface area contributed by atoms with E-state index in [1.807, 2.05) is 7.11 Å². The highest BCUT2D eigenvalue weighted by molar-refractivity contribution is 9.09. The van der Waals surface area contributed by atoms with Crippen molar-refractivity contribution in [2.24, 2.45) is 5.41 Å². The van der Waals surface area contributed by atoms with Crippen molar-refractivity contribution in [3.8, 4) is 0 Å². The van der Waals surface area contributed by atoms with Crippen molar-refractivity contribution < 1.29 is 4.74 Å². The van der Waals surface area contributed by atoms with Crippen LogP contribution in [0.2, 0.25) is 0 Å². The molecule has 1 aromatic carbocycles. The van der Waals surface area contributed by atoms with E-state index in [1.165, 1.54) is 24.8 Å². The molecule has 0 saturated heterocycles. The summed E-state index contributed by atoms with van der Waals surface area (Å²) in [5.74, 6) is 0. The summed E-state index contributed by atoms with van der Waals surface area (Å²) in [5.41, 5.74) is 1.72. The molecule has 0 amide bonds. The zero-order valence-corrected chi connectivity index (χ0v) is 10.7. The molecule has 0 radical (unpaired) electrons. The van der Waals surface area contributed by atoms with Crippen LogP contribution < -0.4 is 0 Å². The Labute approximate surface area is 100.0 Å². The summed E-state index contributed by atoms with van der Waals surface area (Å²) in [6.07, 6.45) is 4.08. The lowest BCUT2D eigenvalue weighted by atomic mass is 9.90. The quantitative estimate of drug-likeness (QED) is 0.736. The van der Waals surface area contributed by atoms with Crippen LogP contribution in [-0.4, -0.2) is 12.4 Å². The molecule has 1 aromatic rings. The van der Waals surface area contributed by atoms with Crippen molar-refractivity contribution in [2.75, 3.05) is 12.4 Å². The van der Waals surface area contributed by atoms with Crippen molar-refractivity contribution in [1.29, 1.82) is 0 Å². The Balaban J connectivity index is 2.18. The summed E-state index contributed by atoms with van der Waals surface area (Å²) < 4.78 is 5.70. The van der Waals surface area contributed by atoms with Crippen molar-refractivity contribution in [1.82, 2.24) is 0 Å². The van der Waals surface area contributed by atoms with Gasteiger partial charge in [0.15, 0.2) is 0 Å². The maximum absolute atomic E-state index is 5.70. The first-order valence-corrected chi connectivity index (χ1v) is 6.58. The molecule has 0 aromatic heterocycles. The van der Waals surface area contributed by atoms with E-state index < -0.39 is 0 Å². The summed E-state index contributed by atoms with van der Waals surface area (Å²) in [5, 5.41) is 1.07. The Morgan fingerprint density at radius 2 is 2.00 bits per heavy atom. The van der Waals surface area contributed by atoms with Crippen LogP contribution in [0.5, 0.6) is 0 Å². The van der Waals surface area contributed by atoms with Gasteiger partial charge in [-0.1, -0.05) is 46.3 Å². The number of halogens is 1. The van der Waals surface area contributed by atoms with Crippen LogP contribution in [-0.2, 0) is 4.74 Å². The van der Waals surface area contributed by atoms with E-state index in [0.717, 1.165) is 5.33 Å². The fraction of sp³-hybridized carbons (Fsp3) is 0.538. The van der Waals surface area contributed by atoms with Gasteiger partial charge in [-0.3, -0.25) is 0 Å². The van der Waals surface area contributed by atoms with E-state index in [2.05, 4.69) is 46.3 Å². The van der Waals surface area contributed by atoms with E-state index in [-0.39, 0.29) is 6.10 Å². The Kier molecular flexibility index (Phi) is 3.47. The molecule has 0 heterocycles. The Bertz CT molecular complexity index is 306. The Morgan fingerprint density at radius 1 is 1.33 bits per heavy atom. The molecule has 0 bridgehead atoms. The molecule has 0 aliphatic heterocycles. The smallest absolute Gasteiger partial charge is 0.0877 e. The van der Waals surface area contributed by atoms with E-state index >= 15 is 0 Å². The zero-order valence-electron chi connectivity index (χ0n) is 9.08. The fourth-order valence-electron chi connectivity index (χ4n) is 2.36. The zero-order chi connectivity index (χ0) is 10.7. The molecule has 1 aliphatic carbocycles. The number of methoxy groups -OCH3 is 1. The minimum atomic E-state index is 0.274. The molecular formula is C13H17BrO. The summed E-state index contributed by atoms with van der Waals surface area (Å²) in [4.78, 5) is 0. The maximum Gasteiger partial charge on any atom is 0.0877 e. The van der Waals surface area contributed by atoms with Crippen LogP contribution in [0.4, 0.5) is 0 Å². The minimum Gasteiger partial charge on any atom is -0.376 e. The first-order chi connectivity index (χ1) is 7.32. The van der Waals surface area contributed by atoms with Crippen LogP contribution in [0.15, 0.2) is 30.3 Å². The minimum absolute atomic E-state index is 0.274. The van der Waals surface area contributed by atoms with E-state index in [4.69, 9.17) is 4.74 Å². The van der Waals surface area contributed by atoms with Gasteiger partial charge < -0.3 is 4.74 Å². The predicted octanol–water partition coefficient (Wildman–Crippen LogP) is 3.94. The SMILES string of the molecule is COC(c1ccccc1)C1(CCBr)CC1. The number of rotatable bonds is 5. The van der Waals surface area contributed by atoms with Crippen molar-refractivity contribution in [3.63, 3.8) is 0 Å². The van der Waals surface area contributed by atoms with Gasteiger partial charge in [-0.2, -0.15) is 0 Å². The topological polar surface area (TPSA) is 9.23 Å². The number of alkyl halides is 1. The number of ether oxygens (including phenoxy) is 1. The van der Waals surface area contributed by atoms with Gasteiger partial charge in [0.05, 0.1) is 6.10 Å². The fourth-order valence-corrected chi connectivity index (χ4v) is 3.15. The molecule has 2 rings (SSSR count). The molecule has 0 N–H and O–H groups in total. The van der Waals surface area contributed by atoms with Gasteiger partial charge in [0.2, 0.25) is 0 Å². The average molecular weight is 269 g/mol. The van der Waals surface area contributed by atoms with E-state index in [9.17, 15) is 0 Å². The van der Waals surface area contributed by atoms with E-state index in [0.29, 0.717) is 5.41 Å². The molecule has 1 aliphatic rings. The molecule has 0 spiro atoms. The highest BCUT2D eigenvalue weighted by atomic mass is 79.9. The van der Waals surface area contributed by atoms with Gasteiger partial charge in [-0.25, -0.2) is 0 Å². The number of hydrogen-bond acceptors (Lipinski definition) is 1. The number of hydrogen-bond donors (Lipinski definition) is 0. The molecule has 2 heteroatoms. The van der Waals surface area contributed by atoms with Crippen molar-refractivity contribution in [3.05, 3.63) is 35.9 Å². The third-order valence-corrected chi connectivity index (χ3v) is 3.78. The van der Waals surface area contributed by atoms with Gasteiger partial charge in [-0.15, -0.1) is 0 Å². The van der Waals surface area contributed by atoms with Gasteiger partial charge in [0.25, 0.3) is 0 Å². The van der Waals surface area contributed by atoms with Gasteiger partial charge >= 0.3 is 0 Å². The summed E-state index contributed by atoms with van der Waals surface area (Å²) in [6.45, 7) is 0. The van der Waals surface area contributed by atoms with Crippen LogP contribution in [0.25, 0.3) is 0 Å². The Morgan fingerprint density at radius 3 is 2.47 bits per heavy atom. The first kappa shape index (κ1) is 11.2. The van der Waals surface area contributed by atoms with Crippen molar-refractivity contribution in [2.45, 2.75) is 25.4 Å². The van der Waals surface area contributed by atoms with Crippen LogP contribution >= 0.6 is 15.9 Å². The summed E-state index contributed by atoms with van der Waals surface area (Å²) in [7, 11) is 1.83. The van der Waals surface area contributed by atoms with Gasteiger partial charge in [0.1, 0.15) is 0 Å². The largest absolute Gasteiger partial charge is 0.376 e. The second kappa shape index (κ2) is 4.67. The lowest BCUT2D eigenvalue weighted by Crippen LogP contribution is -2.16. The van der Waals surface area contributed by atoms with Crippen molar-refractivity contribution >= 4 is 15.9 Å². The Hall–Kier alpha value is -0.340.